The molecule has 1 N–H and O–H groups in total. The standard InChI is InChI=1S/C12H14ClFO2/c1-8(16)10(4-5-15)6-9-2-3-11(13)12(14)7-9/h2-3,7,10,15H,4-6H2,1H3. The molecular weight excluding hydrogens is 231 g/mol. The zero-order valence-corrected chi connectivity index (χ0v) is 9.80. The first-order chi connectivity index (χ1) is 7.54. The molecule has 1 aromatic carbocycles. The summed E-state index contributed by atoms with van der Waals surface area (Å²) in [5, 5.41) is 8.89. The summed E-state index contributed by atoms with van der Waals surface area (Å²) in [4.78, 5) is 11.3. The fourth-order valence-electron chi connectivity index (χ4n) is 1.56. The molecule has 0 bridgehead atoms. The molecule has 88 valence electrons. The van der Waals surface area contributed by atoms with Crippen molar-refractivity contribution >= 4 is 17.4 Å². The summed E-state index contributed by atoms with van der Waals surface area (Å²) in [6.07, 6.45) is 0.837. The predicted molar refractivity (Wildman–Crippen MR) is 61.0 cm³/mol. The van der Waals surface area contributed by atoms with E-state index >= 15 is 0 Å². The highest BCUT2D eigenvalue weighted by atomic mass is 35.5. The highest BCUT2D eigenvalue weighted by Gasteiger charge is 2.15. The Labute approximate surface area is 99.0 Å². The Kier molecular flexibility index (Phi) is 4.90. The zero-order chi connectivity index (χ0) is 12.1. The van der Waals surface area contributed by atoms with Gasteiger partial charge in [-0.3, -0.25) is 4.79 Å². The third-order valence-electron chi connectivity index (χ3n) is 2.52. The number of Topliss-reactive ketones (excluding diaryl/α,β-unsaturated/α-hetero) is 1. The Hall–Kier alpha value is -0.930. The van der Waals surface area contributed by atoms with Gasteiger partial charge in [-0.05, 0) is 37.5 Å². The van der Waals surface area contributed by atoms with Crippen LogP contribution in [0.3, 0.4) is 0 Å². The van der Waals surface area contributed by atoms with Gasteiger partial charge < -0.3 is 5.11 Å². The molecule has 0 saturated carbocycles. The monoisotopic (exact) mass is 244 g/mol. The van der Waals surface area contributed by atoms with Crippen LogP contribution in [-0.4, -0.2) is 17.5 Å². The van der Waals surface area contributed by atoms with Crippen molar-refractivity contribution in [1.29, 1.82) is 0 Å². The van der Waals surface area contributed by atoms with E-state index < -0.39 is 5.82 Å². The maximum atomic E-state index is 13.2. The van der Waals surface area contributed by atoms with Gasteiger partial charge in [0.2, 0.25) is 0 Å². The number of benzene rings is 1. The van der Waals surface area contributed by atoms with Crippen LogP contribution in [-0.2, 0) is 11.2 Å². The molecule has 1 atom stereocenters. The van der Waals surface area contributed by atoms with E-state index in [0.717, 1.165) is 5.56 Å². The van der Waals surface area contributed by atoms with E-state index in [1.165, 1.54) is 19.1 Å². The molecule has 0 aromatic heterocycles. The Balaban J connectivity index is 2.77. The van der Waals surface area contributed by atoms with Crippen molar-refractivity contribution in [3.63, 3.8) is 0 Å². The van der Waals surface area contributed by atoms with E-state index in [4.69, 9.17) is 16.7 Å². The first-order valence-electron chi connectivity index (χ1n) is 5.10. The van der Waals surface area contributed by atoms with Crippen LogP contribution >= 0.6 is 11.6 Å². The highest BCUT2D eigenvalue weighted by Crippen LogP contribution is 2.19. The van der Waals surface area contributed by atoms with Gasteiger partial charge in [0.15, 0.2) is 0 Å². The molecule has 0 saturated heterocycles. The minimum absolute atomic E-state index is 0.00408. The average Bonchev–Trinajstić information content (AvgIpc) is 2.22. The van der Waals surface area contributed by atoms with E-state index in [0.29, 0.717) is 12.8 Å². The van der Waals surface area contributed by atoms with Crippen molar-refractivity contribution in [2.24, 2.45) is 5.92 Å². The van der Waals surface area contributed by atoms with Crippen LogP contribution < -0.4 is 0 Å². The van der Waals surface area contributed by atoms with E-state index in [-0.39, 0.29) is 23.3 Å². The smallest absolute Gasteiger partial charge is 0.142 e. The summed E-state index contributed by atoms with van der Waals surface area (Å²) in [7, 11) is 0. The SMILES string of the molecule is CC(=O)C(CCO)Cc1ccc(Cl)c(F)c1. The molecule has 0 heterocycles. The van der Waals surface area contributed by atoms with Crippen molar-refractivity contribution in [3.05, 3.63) is 34.6 Å². The largest absolute Gasteiger partial charge is 0.396 e. The Morgan fingerprint density at radius 3 is 2.75 bits per heavy atom. The fourth-order valence-corrected chi connectivity index (χ4v) is 1.67. The van der Waals surface area contributed by atoms with Crippen LogP contribution in [0.1, 0.15) is 18.9 Å². The number of aliphatic hydroxyl groups excluding tert-OH is 1. The molecule has 4 heteroatoms. The number of hydrogen-bond donors (Lipinski definition) is 1. The lowest BCUT2D eigenvalue weighted by molar-refractivity contribution is -0.121. The molecule has 0 aliphatic heterocycles. The number of aliphatic hydroxyl groups is 1. The molecule has 2 nitrogen and oxygen atoms in total. The second kappa shape index (κ2) is 5.97. The number of hydrogen-bond acceptors (Lipinski definition) is 2. The lowest BCUT2D eigenvalue weighted by atomic mass is 9.93. The van der Waals surface area contributed by atoms with Crippen LogP contribution in [0.5, 0.6) is 0 Å². The summed E-state index contributed by atoms with van der Waals surface area (Å²) in [5.74, 6) is -0.736. The van der Waals surface area contributed by atoms with Crippen molar-refractivity contribution < 1.29 is 14.3 Å². The minimum Gasteiger partial charge on any atom is -0.396 e. The molecule has 16 heavy (non-hydrogen) atoms. The van der Waals surface area contributed by atoms with E-state index in [2.05, 4.69) is 0 Å². The molecule has 0 aliphatic rings. The number of rotatable bonds is 5. The van der Waals surface area contributed by atoms with Gasteiger partial charge in [-0.1, -0.05) is 17.7 Å². The highest BCUT2D eigenvalue weighted by molar-refractivity contribution is 6.30. The summed E-state index contributed by atoms with van der Waals surface area (Å²) in [6.45, 7) is 1.44. The Morgan fingerprint density at radius 1 is 1.56 bits per heavy atom. The lowest BCUT2D eigenvalue weighted by Crippen LogP contribution is -2.15. The zero-order valence-electron chi connectivity index (χ0n) is 9.04. The van der Waals surface area contributed by atoms with Crippen molar-refractivity contribution in [1.82, 2.24) is 0 Å². The number of carbonyl (C=O) groups is 1. The van der Waals surface area contributed by atoms with Crippen molar-refractivity contribution in [2.45, 2.75) is 19.8 Å². The van der Waals surface area contributed by atoms with E-state index in [9.17, 15) is 9.18 Å². The third-order valence-corrected chi connectivity index (χ3v) is 2.83. The van der Waals surface area contributed by atoms with Gasteiger partial charge in [0.1, 0.15) is 11.6 Å². The maximum Gasteiger partial charge on any atom is 0.142 e. The molecule has 1 unspecified atom stereocenters. The molecule has 0 radical (unpaired) electrons. The minimum atomic E-state index is -0.481. The van der Waals surface area contributed by atoms with Gasteiger partial charge in [-0.2, -0.15) is 0 Å². The van der Waals surface area contributed by atoms with Gasteiger partial charge in [0.25, 0.3) is 0 Å². The average molecular weight is 245 g/mol. The molecule has 1 aromatic rings. The molecule has 0 aliphatic carbocycles. The quantitative estimate of drug-likeness (QED) is 0.865. The van der Waals surface area contributed by atoms with Gasteiger partial charge in [0.05, 0.1) is 5.02 Å². The van der Waals surface area contributed by atoms with Crippen LogP contribution in [0, 0.1) is 11.7 Å². The summed E-state index contributed by atoms with van der Waals surface area (Å²) in [5.41, 5.74) is 0.718. The van der Waals surface area contributed by atoms with Crippen molar-refractivity contribution in [3.8, 4) is 0 Å². The van der Waals surface area contributed by atoms with Crippen molar-refractivity contribution in [2.75, 3.05) is 6.61 Å². The Morgan fingerprint density at radius 2 is 2.25 bits per heavy atom. The molecule has 0 spiro atoms. The molecule has 0 amide bonds. The van der Waals surface area contributed by atoms with Crippen LogP contribution in [0.4, 0.5) is 4.39 Å². The topological polar surface area (TPSA) is 37.3 Å². The predicted octanol–water partition coefficient (Wildman–Crippen LogP) is 2.61. The summed E-state index contributed by atoms with van der Waals surface area (Å²) in [6, 6.07) is 4.50. The van der Waals surface area contributed by atoms with Crippen LogP contribution in [0.2, 0.25) is 5.02 Å². The van der Waals surface area contributed by atoms with Crippen LogP contribution in [0.15, 0.2) is 18.2 Å². The summed E-state index contributed by atoms with van der Waals surface area (Å²) >= 11 is 5.56. The fraction of sp³-hybridized carbons (Fsp3) is 0.417. The van der Waals surface area contributed by atoms with Crippen LogP contribution in [0.25, 0.3) is 0 Å². The Bertz CT molecular complexity index is 379. The molecule has 1 rings (SSSR count). The van der Waals surface area contributed by atoms with E-state index in [1.807, 2.05) is 0 Å². The van der Waals surface area contributed by atoms with E-state index in [1.54, 1.807) is 6.07 Å². The lowest BCUT2D eigenvalue weighted by Gasteiger charge is -2.12. The number of ketones is 1. The number of carbonyl (C=O) groups excluding carboxylic acids is 1. The van der Waals surface area contributed by atoms with Gasteiger partial charge in [-0.15, -0.1) is 0 Å². The third kappa shape index (κ3) is 3.58. The second-order valence-corrected chi connectivity index (χ2v) is 4.18. The second-order valence-electron chi connectivity index (χ2n) is 3.77. The normalized spacial score (nSPS) is 12.5. The van der Waals surface area contributed by atoms with Gasteiger partial charge in [-0.25, -0.2) is 4.39 Å². The molecule has 0 fully saturated rings. The molecular formula is C12H14ClFO2. The first-order valence-corrected chi connectivity index (χ1v) is 5.47. The number of halogens is 2. The van der Waals surface area contributed by atoms with Gasteiger partial charge >= 0.3 is 0 Å². The van der Waals surface area contributed by atoms with Gasteiger partial charge in [0, 0.05) is 12.5 Å². The first kappa shape index (κ1) is 13.1. The summed E-state index contributed by atoms with van der Waals surface area (Å²) < 4.78 is 13.2. The maximum absolute atomic E-state index is 13.2.